The lowest BCUT2D eigenvalue weighted by Gasteiger charge is -2.15. The zero-order valence-corrected chi connectivity index (χ0v) is 14.7. The number of aromatic nitrogens is 5. The minimum Gasteiger partial charge on any atom is -0.377 e. The van der Waals surface area contributed by atoms with Gasteiger partial charge in [-0.2, -0.15) is 5.10 Å². The van der Waals surface area contributed by atoms with Crippen LogP contribution in [0.15, 0.2) is 6.33 Å². The Morgan fingerprint density at radius 2 is 2.24 bits per heavy atom. The molecule has 0 aromatic carbocycles. The largest absolute Gasteiger partial charge is 0.377 e. The van der Waals surface area contributed by atoms with Gasteiger partial charge in [-0.1, -0.05) is 0 Å². The number of aryl methyl sites for hydroxylation is 1. The molecule has 2 fully saturated rings. The van der Waals surface area contributed by atoms with Crippen LogP contribution in [0.2, 0.25) is 0 Å². The minimum atomic E-state index is 0.135. The fourth-order valence-corrected chi connectivity index (χ4v) is 3.81. The van der Waals surface area contributed by atoms with Crippen molar-refractivity contribution < 1.29 is 9.53 Å². The lowest BCUT2D eigenvalue weighted by atomic mass is 9.91. The van der Waals surface area contributed by atoms with Crippen LogP contribution in [0.3, 0.4) is 0 Å². The number of carbonyl (C=O) groups excluding carboxylic acids is 1. The summed E-state index contributed by atoms with van der Waals surface area (Å²) in [5.41, 5.74) is 1.79. The van der Waals surface area contributed by atoms with Crippen LogP contribution in [0.5, 0.6) is 0 Å². The van der Waals surface area contributed by atoms with Crippen molar-refractivity contribution >= 4 is 5.91 Å². The maximum atomic E-state index is 12.7. The van der Waals surface area contributed by atoms with Crippen LogP contribution in [-0.2, 0) is 22.6 Å². The van der Waals surface area contributed by atoms with Crippen LogP contribution in [0.1, 0.15) is 41.8 Å². The average molecular weight is 344 g/mol. The van der Waals surface area contributed by atoms with E-state index in [0.717, 1.165) is 29.6 Å². The van der Waals surface area contributed by atoms with Crippen molar-refractivity contribution in [2.75, 3.05) is 20.2 Å². The summed E-state index contributed by atoms with van der Waals surface area (Å²) in [4.78, 5) is 26.6. The topological polar surface area (TPSA) is 99.8 Å². The van der Waals surface area contributed by atoms with E-state index in [9.17, 15) is 4.79 Å². The Morgan fingerprint density at radius 3 is 2.92 bits per heavy atom. The summed E-state index contributed by atoms with van der Waals surface area (Å²) in [6.07, 6.45) is 4.49. The van der Waals surface area contributed by atoms with Crippen molar-refractivity contribution in [3.8, 4) is 0 Å². The number of carbonyl (C=O) groups is 1. The molecule has 0 unspecified atom stereocenters. The molecule has 8 heteroatoms. The van der Waals surface area contributed by atoms with E-state index >= 15 is 0 Å². The molecule has 2 N–H and O–H groups in total. The highest BCUT2D eigenvalue weighted by Gasteiger charge is 2.45. The molecule has 0 bridgehead atoms. The molecule has 1 aliphatic heterocycles. The van der Waals surface area contributed by atoms with Crippen LogP contribution in [-0.4, -0.2) is 56.2 Å². The molecule has 1 amide bonds. The van der Waals surface area contributed by atoms with E-state index in [1.54, 1.807) is 13.4 Å². The number of amides is 1. The number of H-pyrrole nitrogens is 2. The predicted octanol–water partition coefficient (Wildman–Crippen LogP) is 1.18. The molecule has 1 saturated heterocycles. The van der Waals surface area contributed by atoms with E-state index in [1.807, 2.05) is 11.8 Å². The van der Waals surface area contributed by atoms with Crippen LogP contribution < -0.4 is 0 Å². The Hall–Kier alpha value is -2.22. The van der Waals surface area contributed by atoms with Gasteiger partial charge >= 0.3 is 0 Å². The Morgan fingerprint density at radius 1 is 1.40 bits per heavy atom. The van der Waals surface area contributed by atoms with Gasteiger partial charge in [-0.15, -0.1) is 0 Å². The van der Waals surface area contributed by atoms with Gasteiger partial charge in [0, 0.05) is 31.8 Å². The first-order valence-corrected chi connectivity index (χ1v) is 8.82. The second kappa shape index (κ2) is 6.59. The fourth-order valence-electron chi connectivity index (χ4n) is 3.81. The fraction of sp³-hybridized carbons (Fsp3) is 0.647. The maximum absolute atomic E-state index is 12.7. The first kappa shape index (κ1) is 16.3. The zero-order chi connectivity index (χ0) is 17.4. The standard InChI is InChI=1S/C17H24N6O2/c1-10-14(19-9-18-10)5-16(24)23-6-12(11-3-4-11)13(7-23)17-20-15(8-25-2)21-22-17/h9,11-13H,3-8H2,1-2H3,(H,18,19)(H,20,21,22)/t12-,13+/m1/s1. The molecule has 134 valence electrons. The molecule has 2 aromatic rings. The number of aromatic amines is 2. The SMILES string of the molecule is COCc1nc([C@H]2CN(C(=O)Cc3nc[nH]c3C)C[C@@H]2C2CC2)n[nH]1. The van der Waals surface area contributed by atoms with E-state index in [2.05, 4.69) is 25.1 Å². The van der Waals surface area contributed by atoms with E-state index < -0.39 is 0 Å². The molecular formula is C17H24N6O2. The third-order valence-electron chi connectivity index (χ3n) is 5.36. The molecule has 4 rings (SSSR count). The summed E-state index contributed by atoms with van der Waals surface area (Å²) in [5, 5.41) is 7.34. The molecular weight excluding hydrogens is 320 g/mol. The van der Waals surface area contributed by atoms with E-state index in [-0.39, 0.29) is 11.8 Å². The predicted molar refractivity (Wildman–Crippen MR) is 89.7 cm³/mol. The molecule has 2 atom stereocenters. The molecule has 3 heterocycles. The van der Waals surface area contributed by atoms with Gasteiger partial charge in [-0.25, -0.2) is 9.97 Å². The van der Waals surface area contributed by atoms with Crippen molar-refractivity contribution in [2.45, 2.75) is 38.7 Å². The first-order valence-electron chi connectivity index (χ1n) is 8.82. The van der Waals surface area contributed by atoms with Crippen LogP contribution in [0.4, 0.5) is 0 Å². The van der Waals surface area contributed by atoms with Crippen molar-refractivity contribution in [1.82, 2.24) is 30.0 Å². The third-order valence-corrected chi connectivity index (χ3v) is 5.36. The van der Waals surface area contributed by atoms with Crippen molar-refractivity contribution in [3.05, 3.63) is 29.4 Å². The van der Waals surface area contributed by atoms with Gasteiger partial charge in [0.1, 0.15) is 6.61 Å². The molecule has 1 saturated carbocycles. The van der Waals surface area contributed by atoms with Gasteiger partial charge in [0.2, 0.25) is 5.91 Å². The number of nitrogens with one attached hydrogen (secondary N) is 2. The number of imidazole rings is 1. The van der Waals surface area contributed by atoms with E-state index in [0.29, 0.717) is 31.4 Å². The molecule has 0 radical (unpaired) electrons. The number of rotatable bonds is 6. The zero-order valence-electron chi connectivity index (χ0n) is 14.7. The van der Waals surface area contributed by atoms with E-state index in [1.165, 1.54) is 12.8 Å². The van der Waals surface area contributed by atoms with Gasteiger partial charge in [0.05, 0.1) is 18.4 Å². The Kier molecular flexibility index (Phi) is 4.29. The normalized spacial score (nSPS) is 23.4. The molecule has 0 spiro atoms. The third kappa shape index (κ3) is 3.30. The number of likely N-dealkylation sites (tertiary alicyclic amines) is 1. The molecule has 2 aliphatic rings. The van der Waals surface area contributed by atoms with Gasteiger partial charge in [0.25, 0.3) is 0 Å². The van der Waals surface area contributed by atoms with Crippen molar-refractivity contribution in [1.29, 1.82) is 0 Å². The second-order valence-electron chi connectivity index (χ2n) is 7.13. The summed E-state index contributed by atoms with van der Waals surface area (Å²) < 4.78 is 5.11. The highest BCUT2D eigenvalue weighted by Crippen LogP contribution is 2.47. The number of ether oxygens (including phenoxy) is 1. The summed E-state index contributed by atoms with van der Waals surface area (Å²) in [6, 6.07) is 0. The summed E-state index contributed by atoms with van der Waals surface area (Å²) in [5.74, 6) is 3.04. The average Bonchev–Trinajstić information content (AvgIpc) is 2.99. The Labute approximate surface area is 146 Å². The molecule has 2 aromatic heterocycles. The first-order chi connectivity index (χ1) is 12.2. The number of hydrogen-bond acceptors (Lipinski definition) is 5. The summed E-state index contributed by atoms with van der Waals surface area (Å²) in [7, 11) is 1.64. The number of nitrogens with zero attached hydrogens (tertiary/aromatic N) is 4. The van der Waals surface area contributed by atoms with E-state index in [4.69, 9.17) is 4.74 Å². The van der Waals surface area contributed by atoms with Crippen LogP contribution >= 0.6 is 0 Å². The smallest absolute Gasteiger partial charge is 0.228 e. The molecule has 8 nitrogen and oxygen atoms in total. The van der Waals surface area contributed by atoms with Crippen LogP contribution in [0, 0.1) is 18.8 Å². The monoisotopic (exact) mass is 344 g/mol. The van der Waals surface area contributed by atoms with Gasteiger partial charge in [0.15, 0.2) is 11.6 Å². The maximum Gasteiger partial charge on any atom is 0.228 e. The lowest BCUT2D eigenvalue weighted by Crippen LogP contribution is -2.30. The summed E-state index contributed by atoms with van der Waals surface area (Å²) >= 11 is 0. The number of hydrogen-bond donors (Lipinski definition) is 2. The molecule has 1 aliphatic carbocycles. The van der Waals surface area contributed by atoms with Gasteiger partial charge in [-0.3, -0.25) is 9.89 Å². The second-order valence-corrected chi connectivity index (χ2v) is 7.13. The minimum absolute atomic E-state index is 0.135. The molecule has 25 heavy (non-hydrogen) atoms. The van der Waals surface area contributed by atoms with Crippen molar-refractivity contribution in [3.63, 3.8) is 0 Å². The highest BCUT2D eigenvalue weighted by atomic mass is 16.5. The number of methoxy groups -OCH3 is 1. The highest BCUT2D eigenvalue weighted by molar-refractivity contribution is 5.79. The van der Waals surface area contributed by atoms with Gasteiger partial charge in [-0.05, 0) is 31.6 Å². The van der Waals surface area contributed by atoms with Crippen molar-refractivity contribution in [2.24, 2.45) is 11.8 Å². The van der Waals surface area contributed by atoms with Gasteiger partial charge < -0.3 is 14.6 Å². The summed E-state index contributed by atoms with van der Waals surface area (Å²) in [6.45, 7) is 3.86. The Bertz CT molecular complexity index is 750. The van der Waals surface area contributed by atoms with Crippen LogP contribution in [0.25, 0.3) is 0 Å². The lowest BCUT2D eigenvalue weighted by molar-refractivity contribution is -0.129. The Balaban J connectivity index is 1.48. The quantitative estimate of drug-likeness (QED) is 0.819.